The number of ether oxygens (including phenoxy) is 1. The van der Waals surface area contributed by atoms with Gasteiger partial charge >= 0.3 is 12.1 Å². The highest BCUT2D eigenvalue weighted by Gasteiger charge is 2.47. The number of nitrogens with zero attached hydrogens (tertiary/aromatic N) is 2. The van der Waals surface area contributed by atoms with Gasteiger partial charge in [-0.25, -0.2) is 9.48 Å². The van der Waals surface area contributed by atoms with Crippen LogP contribution in [0, 0.1) is 0 Å². The van der Waals surface area contributed by atoms with Crippen molar-refractivity contribution < 1.29 is 22.7 Å². The molecule has 0 bridgehead atoms. The first-order valence-electron chi connectivity index (χ1n) is 7.64. The van der Waals surface area contributed by atoms with Crippen molar-refractivity contribution in [2.45, 2.75) is 31.6 Å². The van der Waals surface area contributed by atoms with E-state index in [9.17, 15) is 18.0 Å². The van der Waals surface area contributed by atoms with E-state index in [4.69, 9.17) is 4.74 Å². The Hall–Kier alpha value is -2.03. The molecule has 134 valence electrons. The summed E-state index contributed by atoms with van der Waals surface area (Å²) in [4.78, 5) is 12.0. The summed E-state index contributed by atoms with van der Waals surface area (Å²) < 4.78 is 47.1. The number of hydrogen-bond donors (Lipinski definition) is 1. The van der Waals surface area contributed by atoms with E-state index in [1.165, 1.54) is 0 Å². The van der Waals surface area contributed by atoms with Crippen LogP contribution in [0.3, 0.4) is 0 Å². The molecule has 2 aromatic rings. The second kappa shape index (κ2) is 6.70. The average molecular weight is 418 g/mol. The Bertz CT molecular complexity index is 774. The molecule has 0 saturated carbocycles. The summed E-state index contributed by atoms with van der Waals surface area (Å²) in [5, 5.41) is 6.78. The molecular formula is C16H15BrF3N3O2. The second-order valence-electron chi connectivity index (χ2n) is 5.61. The molecule has 0 amide bonds. The van der Waals surface area contributed by atoms with Crippen molar-refractivity contribution in [3.05, 3.63) is 46.1 Å². The van der Waals surface area contributed by atoms with Gasteiger partial charge in [-0.05, 0) is 24.6 Å². The van der Waals surface area contributed by atoms with Crippen molar-refractivity contribution >= 4 is 27.7 Å². The molecule has 25 heavy (non-hydrogen) atoms. The molecule has 2 heterocycles. The Kier molecular flexibility index (Phi) is 4.77. The lowest BCUT2D eigenvalue weighted by Crippen LogP contribution is -2.36. The number of esters is 1. The Morgan fingerprint density at radius 1 is 1.40 bits per heavy atom. The van der Waals surface area contributed by atoms with Crippen molar-refractivity contribution in [1.82, 2.24) is 9.78 Å². The van der Waals surface area contributed by atoms with Crippen LogP contribution in [-0.4, -0.2) is 28.5 Å². The molecule has 0 aliphatic carbocycles. The largest absolute Gasteiger partial charge is 0.462 e. The average Bonchev–Trinajstić information content (AvgIpc) is 2.97. The molecule has 9 heteroatoms. The minimum atomic E-state index is -4.48. The van der Waals surface area contributed by atoms with Crippen LogP contribution in [-0.2, 0) is 4.74 Å². The van der Waals surface area contributed by atoms with Crippen LogP contribution < -0.4 is 5.32 Å². The van der Waals surface area contributed by atoms with E-state index in [2.05, 4.69) is 26.3 Å². The number of aromatic nitrogens is 2. The monoisotopic (exact) mass is 417 g/mol. The van der Waals surface area contributed by atoms with Gasteiger partial charge < -0.3 is 10.1 Å². The SMILES string of the molecule is CCOC(=O)c1cnn2c1N[C@@H](c1ccc(Br)cc1)C[C@@H]2C(F)(F)F. The number of alkyl halides is 3. The molecule has 3 rings (SSSR count). The summed E-state index contributed by atoms with van der Waals surface area (Å²) in [5.74, 6) is -0.673. The topological polar surface area (TPSA) is 56.1 Å². The molecule has 0 radical (unpaired) electrons. The van der Waals surface area contributed by atoms with Gasteiger partial charge in [0.1, 0.15) is 11.4 Å². The number of anilines is 1. The number of rotatable bonds is 3. The lowest BCUT2D eigenvalue weighted by Gasteiger charge is -2.34. The molecule has 1 aromatic heterocycles. The molecule has 2 atom stereocenters. The Morgan fingerprint density at radius 2 is 2.08 bits per heavy atom. The lowest BCUT2D eigenvalue weighted by atomic mass is 9.96. The third-order valence-electron chi connectivity index (χ3n) is 4.01. The Labute approximate surface area is 150 Å². The van der Waals surface area contributed by atoms with Gasteiger partial charge in [-0.15, -0.1) is 0 Å². The minimum absolute atomic E-state index is 0.00193. The molecule has 1 aromatic carbocycles. The number of fused-ring (bicyclic) bond motifs is 1. The fourth-order valence-electron chi connectivity index (χ4n) is 2.83. The fourth-order valence-corrected chi connectivity index (χ4v) is 3.10. The van der Waals surface area contributed by atoms with Crippen molar-refractivity contribution in [3.8, 4) is 0 Å². The lowest BCUT2D eigenvalue weighted by molar-refractivity contribution is -0.173. The summed E-state index contributed by atoms with van der Waals surface area (Å²) in [6, 6.07) is 4.59. The van der Waals surface area contributed by atoms with E-state index in [-0.39, 0.29) is 24.4 Å². The van der Waals surface area contributed by atoms with E-state index in [0.717, 1.165) is 15.4 Å². The van der Waals surface area contributed by atoms with Gasteiger partial charge in [0.25, 0.3) is 0 Å². The van der Waals surface area contributed by atoms with Crippen molar-refractivity contribution in [2.24, 2.45) is 0 Å². The zero-order chi connectivity index (χ0) is 18.2. The predicted octanol–water partition coefficient (Wildman–Crippen LogP) is 4.48. The number of benzene rings is 1. The van der Waals surface area contributed by atoms with Gasteiger partial charge in [0.05, 0.1) is 18.8 Å². The van der Waals surface area contributed by atoms with Crippen LogP contribution in [0.2, 0.25) is 0 Å². The maximum Gasteiger partial charge on any atom is 0.410 e. The first-order valence-corrected chi connectivity index (χ1v) is 8.44. The quantitative estimate of drug-likeness (QED) is 0.747. The number of nitrogens with one attached hydrogen (secondary N) is 1. The molecule has 5 nitrogen and oxygen atoms in total. The number of halogens is 4. The molecule has 1 N–H and O–H groups in total. The van der Waals surface area contributed by atoms with Gasteiger partial charge in [0.15, 0.2) is 6.04 Å². The van der Waals surface area contributed by atoms with E-state index in [1.807, 2.05) is 0 Å². The maximum absolute atomic E-state index is 13.5. The van der Waals surface area contributed by atoms with E-state index in [1.54, 1.807) is 31.2 Å². The summed E-state index contributed by atoms with van der Waals surface area (Å²) >= 11 is 3.30. The van der Waals surface area contributed by atoms with Crippen LogP contribution in [0.1, 0.15) is 41.3 Å². The highest BCUT2D eigenvalue weighted by molar-refractivity contribution is 9.10. The van der Waals surface area contributed by atoms with E-state index < -0.39 is 24.2 Å². The molecule has 0 spiro atoms. The van der Waals surface area contributed by atoms with Crippen LogP contribution in [0.4, 0.5) is 19.0 Å². The molecule has 1 aliphatic rings. The van der Waals surface area contributed by atoms with Crippen molar-refractivity contribution in [2.75, 3.05) is 11.9 Å². The normalized spacial score (nSPS) is 19.9. The third kappa shape index (κ3) is 3.51. The fraction of sp³-hybridized carbons (Fsp3) is 0.375. The number of carbonyl (C=O) groups is 1. The molecule has 0 unspecified atom stereocenters. The molecule has 0 saturated heterocycles. The second-order valence-corrected chi connectivity index (χ2v) is 6.53. The zero-order valence-corrected chi connectivity index (χ0v) is 14.8. The highest BCUT2D eigenvalue weighted by atomic mass is 79.9. The van der Waals surface area contributed by atoms with Gasteiger partial charge in [-0.2, -0.15) is 18.3 Å². The number of carbonyl (C=O) groups excluding carboxylic acids is 1. The van der Waals surface area contributed by atoms with Gasteiger partial charge in [-0.3, -0.25) is 0 Å². The highest BCUT2D eigenvalue weighted by Crippen LogP contribution is 2.44. The minimum Gasteiger partial charge on any atom is -0.462 e. The molecule has 1 aliphatic heterocycles. The van der Waals surface area contributed by atoms with Crippen LogP contribution in [0.25, 0.3) is 0 Å². The predicted molar refractivity (Wildman–Crippen MR) is 88.4 cm³/mol. The molecule has 0 fully saturated rings. The van der Waals surface area contributed by atoms with Crippen molar-refractivity contribution in [1.29, 1.82) is 0 Å². The third-order valence-corrected chi connectivity index (χ3v) is 4.53. The van der Waals surface area contributed by atoms with Crippen LogP contribution >= 0.6 is 15.9 Å². The van der Waals surface area contributed by atoms with Crippen LogP contribution in [0.15, 0.2) is 34.9 Å². The van der Waals surface area contributed by atoms with Crippen LogP contribution in [0.5, 0.6) is 0 Å². The maximum atomic E-state index is 13.5. The summed E-state index contributed by atoms with van der Waals surface area (Å²) in [7, 11) is 0. The van der Waals surface area contributed by atoms with Crippen molar-refractivity contribution in [3.63, 3.8) is 0 Å². The Balaban J connectivity index is 2.02. The van der Waals surface area contributed by atoms with Gasteiger partial charge in [-0.1, -0.05) is 28.1 Å². The van der Waals surface area contributed by atoms with Gasteiger partial charge in [0, 0.05) is 10.9 Å². The summed E-state index contributed by atoms with van der Waals surface area (Å²) in [5.41, 5.74) is 0.692. The summed E-state index contributed by atoms with van der Waals surface area (Å²) in [6.07, 6.45) is -3.59. The van der Waals surface area contributed by atoms with Gasteiger partial charge in [0.2, 0.25) is 0 Å². The smallest absolute Gasteiger partial charge is 0.410 e. The van der Waals surface area contributed by atoms with E-state index >= 15 is 0 Å². The number of hydrogen-bond acceptors (Lipinski definition) is 4. The first-order chi connectivity index (χ1) is 11.8. The standard InChI is InChI=1S/C16H15BrF3N3O2/c1-2-25-15(24)11-8-21-23-13(16(18,19)20)7-12(22-14(11)23)9-3-5-10(17)6-4-9/h3-6,8,12-13,22H,2,7H2,1H3/t12-,13-/m1/s1. The first kappa shape index (κ1) is 17.8. The summed E-state index contributed by atoms with van der Waals surface area (Å²) in [6.45, 7) is 1.76. The molecular weight excluding hydrogens is 403 g/mol. The zero-order valence-electron chi connectivity index (χ0n) is 13.2. The van der Waals surface area contributed by atoms with E-state index in [0.29, 0.717) is 5.56 Å². The Morgan fingerprint density at radius 3 is 2.68 bits per heavy atom.